The van der Waals surface area contributed by atoms with E-state index >= 15 is 0 Å². The summed E-state index contributed by atoms with van der Waals surface area (Å²) in [5.74, 6) is 2.21. The van der Waals surface area contributed by atoms with Gasteiger partial charge in [-0.3, -0.25) is 5.10 Å². The molecule has 0 amide bonds. The number of aryl methyl sites for hydroxylation is 2. The number of benzene rings is 1. The Bertz CT molecular complexity index is 740. The van der Waals surface area contributed by atoms with Gasteiger partial charge in [-0.25, -0.2) is 0 Å². The fraction of sp³-hybridized carbons (Fsp3) is 0.188. The molecule has 0 spiro atoms. The summed E-state index contributed by atoms with van der Waals surface area (Å²) in [5.41, 5.74) is 10.00. The summed E-state index contributed by atoms with van der Waals surface area (Å²) in [6.45, 7) is 4.12. The van der Waals surface area contributed by atoms with Gasteiger partial charge >= 0.3 is 0 Å². The van der Waals surface area contributed by atoms with E-state index in [1.807, 2.05) is 30.3 Å². The molecule has 3 rings (SSSR count). The first-order valence-corrected chi connectivity index (χ1v) is 6.69. The van der Waals surface area contributed by atoms with E-state index < -0.39 is 0 Å². The third-order valence-electron chi connectivity index (χ3n) is 3.47. The van der Waals surface area contributed by atoms with Crippen molar-refractivity contribution in [1.82, 2.24) is 10.2 Å². The zero-order valence-corrected chi connectivity index (χ0v) is 11.6. The second-order valence-corrected chi connectivity index (χ2v) is 4.79. The summed E-state index contributed by atoms with van der Waals surface area (Å²) in [6, 6.07) is 12.0. The van der Waals surface area contributed by atoms with Gasteiger partial charge in [0.2, 0.25) is 0 Å². The maximum Gasteiger partial charge on any atom is 0.153 e. The minimum Gasteiger partial charge on any atom is -0.459 e. The Labute approximate surface area is 117 Å². The number of furan rings is 1. The molecule has 1 aromatic carbocycles. The summed E-state index contributed by atoms with van der Waals surface area (Å²) in [5, 5.41) is 7.12. The summed E-state index contributed by atoms with van der Waals surface area (Å²) >= 11 is 0. The van der Waals surface area contributed by atoms with Crippen molar-refractivity contribution in [2.45, 2.75) is 20.3 Å². The molecule has 102 valence electrons. The van der Waals surface area contributed by atoms with Crippen LogP contribution in [0.3, 0.4) is 0 Å². The van der Waals surface area contributed by atoms with E-state index in [0.717, 1.165) is 40.3 Å². The van der Waals surface area contributed by atoms with Gasteiger partial charge in [0.25, 0.3) is 0 Å². The van der Waals surface area contributed by atoms with Crippen molar-refractivity contribution in [2.24, 2.45) is 0 Å². The molecule has 0 saturated heterocycles. The van der Waals surface area contributed by atoms with E-state index in [1.54, 1.807) is 0 Å². The topological polar surface area (TPSA) is 67.8 Å². The highest BCUT2D eigenvalue weighted by Crippen LogP contribution is 2.36. The Morgan fingerprint density at radius 1 is 1.20 bits per heavy atom. The van der Waals surface area contributed by atoms with Crippen LogP contribution in [-0.2, 0) is 6.42 Å². The minimum absolute atomic E-state index is 0.490. The molecular formula is C16H17N3O. The molecule has 0 unspecified atom stereocenters. The van der Waals surface area contributed by atoms with Gasteiger partial charge in [-0.1, -0.05) is 31.2 Å². The third kappa shape index (κ3) is 1.99. The quantitative estimate of drug-likeness (QED) is 0.758. The standard InChI is InChI=1S/C16H17N3O/c1-3-11-8-9-13(20-11)15-14(16(17)19-18-15)12-7-5-4-6-10(12)2/h4-9H,3H2,1-2H3,(H3,17,18,19). The van der Waals surface area contributed by atoms with Crippen molar-refractivity contribution in [3.05, 3.63) is 47.7 Å². The Balaban J connectivity index is 2.17. The fourth-order valence-electron chi connectivity index (χ4n) is 2.36. The maximum atomic E-state index is 6.03. The fourth-order valence-corrected chi connectivity index (χ4v) is 2.36. The SMILES string of the molecule is CCc1ccc(-c2[nH]nc(N)c2-c2ccccc2C)o1. The van der Waals surface area contributed by atoms with Crippen LogP contribution < -0.4 is 5.73 Å². The van der Waals surface area contributed by atoms with Crippen LogP contribution in [0, 0.1) is 6.92 Å². The van der Waals surface area contributed by atoms with Crippen molar-refractivity contribution >= 4 is 5.82 Å². The molecule has 2 aromatic heterocycles. The van der Waals surface area contributed by atoms with Crippen LogP contribution in [-0.4, -0.2) is 10.2 Å². The van der Waals surface area contributed by atoms with Crippen LogP contribution >= 0.6 is 0 Å². The predicted octanol–water partition coefficient (Wildman–Crippen LogP) is 3.79. The minimum atomic E-state index is 0.490. The molecule has 0 radical (unpaired) electrons. The third-order valence-corrected chi connectivity index (χ3v) is 3.47. The van der Waals surface area contributed by atoms with Crippen LogP contribution in [0.4, 0.5) is 5.82 Å². The number of H-pyrrole nitrogens is 1. The molecule has 0 aliphatic rings. The van der Waals surface area contributed by atoms with Gasteiger partial charge < -0.3 is 10.2 Å². The number of aromatic nitrogens is 2. The van der Waals surface area contributed by atoms with E-state index in [4.69, 9.17) is 10.2 Å². The van der Waals surface area contributed by atoms with Gasteiger partial charge in [-0.05, 0) is 30.2 Å². The Kier molecular flexibility index (Phi) is 3.06. The molecule has 0 atom stereocenters. The zero-order chi connectivity index (χ0) is 14.1. The number of nitrogens with one attached hydrogen (secondary N) is 1. The summed E-state index contributed by atoms with van der Waals surface area (Å²) in [4.78, 5) is 0. The molecule has 4 nitrogen and oxygen atoms in total. The molecule has 3 N–H and O–H groups in total. The lowest BCUT2D eigenvalue weighted by Gasteiger charge is -2.06. The van der Waals surface area contributed by atoms with Gasteiger partial charge in [-0.2, -0.15) is 5.10 Å². The van der Waals surface area contributed by atoms with Gasteiger partial charge in [0.1, 0.15) is 11.5 Å². The van der Waals surface area contributed by atoms with Crippen molar-refractivity contribution < 1.29 is 4.42 Å². The Morgan fingerprint density at radius 3 is 2.70 bits per heavy atom. The lowest BCUT2D eigenvalue weighted by Crippen LogP contribution is -1.90. The largest absolute Gasteiger partial charge is 0.459 e. The second-order valence-electron chi connectivity index (χ2n) is 4.79. The van der Waals surface area contributed by atoms with E-state index in [2.05, 4.69) is 30.1 Å². The van der Waals surface area contributed by atoms with Gasteiger partial charge in [0, 0.05) is 6.42 Å². The number of nitrogens with zero attached hydrogens (tertiary/aromatic N) is 1. The molecule has 0 saturated carbocycles. The molecule has 0 aliphatic heterocycles. The number of nitrogens with two attached hydrogens (primary N) is 1. The van der Waals surface area contributed by atoms with Crippen LogP contribution in [0.5, 0.6) is 0 Å². The molecule has 20 heavy (non-hydrogen) atoms. The highest BCUT2D eigenvalue weighted by atomic mass is 16.3. The Morgan fingerprint density at radius 2 is 2.00 bits per heavy atom. The lowest BCUT2D eigenvalue weighted by atomic mass is 9.99. The number of aromatic amines is 1. The number of nitrogen functional groups attached to an aromatic ring is 1. The van der Waals surface area contributed by atoms with Gasteiger partial charge in [0.05, 0.1) is 5.56 Å². The van der Waals surface area contributed by atoms with Crippen molar-refractivity contribution in [3.8, 4) is 22.6 Å². The molecule has 0 fully saturated rings. The number of hydrogen-bond donors (Lipinski definition) is 2. The first kappa shape index (κ1) is 12.5. The second kappa shape index (κ2) is 4.89. The first-order valence-electron chi connectivity index (χ1n) is 6.69. The molecule has 3 aromatic rings. The van der Waals surface area contributed by atoms with Crippen LogP contribution in [0.2, 0.25) is 0 Å². The first-order chi connectivity index (χ1) is 9.70. The summed E-state index contributed by atoms with van der Waals surface area (Å²) in [6.07, 6.45) is 0.864. The molecule has 0 bridgehead atoms. The Hall–Kier alpha value is -2.49. The number of rotatable bonds is 3. The van der Waals surface area contributed by atoms with Crippen LogP contribution in [0.15, 0.2) is 40.8 Å². The lowest BCUT2D eigenvalue weighted by molar-refractivity contribution is 0.527. The van der Waals surface area contributed by atoms with E-state index in [-0.39, 0.29) is 0 Å². The molecule has 4 heteroatoms. The summed E-state index contributed by atoms with van der Waals surface area (Å²) in [7, 11) is 0. The van der Waals surface area contributed by atoms with Crippen molar-refractivity contribution in [1.29, 1.82) is 0 Å². The highest BCUT2D eigenvalue weighted by molar-refractivity contribution is 5.87. The van der Waals surface area contributed by atoms with Crippen molar-refractivity contribution in [3.63, 3.8) is 0 Å². The average molecular weight is 267 g/mol. The van der Waals surface area contributed by atoms with E-state index in [0.29, 0.717) is 5.82 Å². The number of anilines is 1. The summed E-state index contributed by atoms with van der Waals surface area (Å²) < 4.78 is 5.81. The molecule has 0 aliphatic carbocycles. The van der Waals surface area contributed by atoms with Gasteiger partial charge in [-0.15, -0.1) is 0 Å². The normalized spacial score (nSPS) is 10.9. The smallest absolute Gasteiger partial charge is 0.153 e. The van der Waals surface area contributed by atoms with E-state index in [9.17, 15) is 0 Å². The average Bonchev–Trinajstić information content (AvgIpc) is 3.06. The van der Waals surface area contributed by atoms with Crippen LogP contribution in [0.1, 0.15) is 18.2 Å². The maximum absolute atomic E-state index is 6.03. The van der Waals surface area contributed by atoms with Crippen LogP contribution in [0.25, 0.3) is 22.6 Å². The van der Waals surface area contributed by atoms with Crippen molar-refractivity contribution in [2.75, 3.05) is 5.73 Å². The monoisotopic (exact) mass is 267 g/mol. The number of hydrogen-bond acceptors (Lipinski definition) is 3. The van der Waals surface area contributed by atoms with E-state index in [1.165, 1.54) is 0 Å². The molecular weight excluding hydrogens is 250 g/mol. The van der Waals surface area contributed by atoms with Gasteiger partial charge in [0.15, 0.2) is 11.6 Å². The molecule has 2 heterocycles. The predicted molar refractivity (Wildman–Crippen MR) is 80.3 cm³/mol. The highest BCUT2D eigenvalue weighted by Gasteiger charge is 2.18. The zero-order valence-electron chi connectivity index (χ0n) is 11.6.